The summed E-state index contributed by atoms with van der Waals surface area (Å²) in [5.74, 6) is 1.52. The number of esters is 3. The Morgan fingerprint density at radius 2 is 0.700 bits per heavy atom. The van der Waals surface area contributed by atoms with Crippen LogP contribution in [0.15, 0.2) is 0 Å². The Bertz CT molecular complexity index is 778. The maximum absolute atomic E-state index is 12.7. The fourth-order valence-electron chi connectivity index (χ4n) is 6.32. The Morgan fingerprint density at radius 3 is 1.04 bits per heavy atom. The molecular weight excluding hydrogens is 624 g/mol. The molecule has 0 aromatic rings. The summed E-state index contributed by atoms with van der Waals surface area (Å²) in [6.45, 7) is 13.6. The molecule has 0 saturated heterocycles. The van der Waals surface area contributed by atoms with Crippen LogP contribution in [-0.4, -0.2) is 37.2 Å². The molecule has 0 heterocycles. The summed E-state index contributed by atoms with van der Waals surface area (Å²) in [5.41, 5.74) is 0. The molecule has 0 radical (unpaired) electrons. The highest BCUT2D eigenvalue weighted by molar-refractivity contribution is 5.71. The van der Waals surface area contributed by atoms with Gasteiger partial charge in [0.1, 0.15) is 13.2 Å². The molecule has 0 aliphatic heterocycles. The smallest absolute Gasteiger partial charge is 0.306 e. The van der Waals surface area contributed by atoms with Crippen LogP contribution in [0.5, 0.6) is 0 Å². The third kappa shape index (κ3) is 36.2. The van der Waals surface area contributed by atoms with Gasteiger partial charge >= 0.3 is 17.9 Å². The Kier molecular flexibility index (Phi) is 34.7. The molecule has 0 N–H and O–H groups in total. The van der Waals surface area contributed by atoms with E-state index in [1.54, 1.807) is 0 Å². The summed E-state index contributed by atoms with van der Waals surface area (Å²) in [4.78, 5) is 37.6. The van der Waals surface area contributed by atoms with Gasteiger partial charge < -0.3 is 14.2 Å². The van der Waals surface area contributed by atoms with Gasteiger partial charge in [0, 0.05) is 19.3 Å². The van der Waals surface area contributed by atoms with E-state index in [4.69, 9.17) is 14.2 Å². The van der Waals surface area contributed by atoms with Crippen molar-refractivity contribution in [2.75, 3.05) is 13.2 Å². The first kappa shape index (κ1) is 48.4. The van der Waals surface area contributed by atoms with Crippen molar-refractivity contribution in [1.82, 2.24) is 0 Å². The van der Waals surface area contributed by atoms with E-state index in [2.05, 4.69) is 41.5 Å². The van der Waals surface area contributed by atoms with Crippen LogP contribution in [0, 0.1) is 17.8 Å². The molecule has 1 unspecified atom stereocenters. The van der Waals surface area contributed by atoms with E-state index >= 15 is 0 Å². The summed E-state index contributed by atoms with van der Waals surface area (Å²) < 4.78 is 16.7. The van der Waals surface area contributed by atoms with E-state index in [-0.39, 0.29) is 31.1 Å². The van der Waals surface area contributed by atoms with Crippen molar-refractivity contribution in [1.29, 1.82) is 0 Å². The zero-order chi connectivity index (χ0) is 37.1. The molecule has 0 amide bonds. The largest absolute Gasteiger partial charge is 0.462 e. The number of hydrogen-bond donors (Lipinski definition) is 0. The van der Waals surface area contributed by atoms with E-state index in [1.807, 2.05) is 0 Å². The van der Waals surface area contributed by atoms with Crippen LogP contribution in [0.1, 0.15) is 228 Å². The van der Waals surface area contributed by atoms with Crippen molar-refractivity contribution in [2.45, 2.75) is 234 Å². The lowest BCUT2D eigenvalue weighted by Crippen LogP contribution is -2.30. The number of rotatable bonds is 37. The van der Waals surface area contributed by atoms with E-state index in [0.717, 1.165) is 75.5 Å². The highest BCUT2D eigenvalue weighted by Crippen LogP contribution is 2.17. The standard InChI is InChI=1S/C44H84O6/c1-7-40(6)32-26-20-15-17-22-28-34-43(46)49-37-41(36-48-42(45)33-27-21-16-14-19-25-31-39(4)5)50-44(47)35-29-23-13-11-9-8-10-12-18-24-30-38(2)3/h38-41H,7-37H2,1-6H3/t40?,41-/m0/s1. The second kappa shape index (κ2) is 35.8. The fourth-order valence-corrected chi connectivity index (χ4v) is 6.32. The van der Waals surface area contributed by atoms with E-state index in [9.17, 15) is 14.4 Å². The van der Waals surface area contributed by atoms with Crippen molar-refractivity contribution in [2.24, 2.45) is 17.8 Å². The molecule has 0 aliphatic carbocycles. The third-order valence-electron chi connectivity index (χ3n) is 10.0. The molecule has 2 atom stereocenters. The van der Waals surface area contributed by atoms with Crippen LogP contribution in [0.2, 0.25) is 0 Å². The fraction of sp³-hybridized carbons (Fsp3) is 0.932. The number of carbonyl (C=O) groups is 3. The molecular formula is C44H84O6. The first-order chi connectivity index (χ1) is 24.1. The van der Waals surface area contributed by atoms with Gasteiger partial charge in [0.05, 0.1) is 0 Å². The first-order valence-electron chi connectivity index (χ1n) is 21.6. The second-order valence-electron chi connectivity index (χ2n) is 16.2. The van der Waals surface area contributed by atoms with Crippen LogP contribution in [0.25, 0.3) is 0 Å². The predicted molar refractivity (Wildman–Crippen MR) is 210 cm³/mol. The van der Waals surface area contributed by atoms with E-state index < -0.39 is 6.10 Å². The van der Waals surface area contributed by atoms with E-state index in [1.165, 1.54) is 109 Å². The zero-order valence-electron chi connectivity index (χ0n) is 34.2. The molecule has 296 valence electrons. The molecule has 0 saturated carbocycles. The van der Waals surface area contributed by atoms with Crippen LogP contribution in [0.4, 0.5) is 0 Å². The number of ether oxygens (including phenoxy) is 3. The summed E-state index contributed by atoms with van der Waals surface area (Å²) in [7, 11) is 0. The van der Waals surface area contributed by atoms with Crippen LogP contribution < -0.4 is 0 Å². The second-order valence-corrected chi connectivity index (χ2v) is 16.2. The number of carbonyl (C=O) groups excluding carboxylic acids is 3. The van der Waals surface area contributed by atoms with Crippen LogP contribution >= 0.6 is 0 Å². The lowest BCUT2D eigenvalue weighted by atomic mass is 10.00. The normalized spacial score (nSPS) is 12.7. The highest BCUT2D eigenvalue weighted by Gasteiger charge is 2.19. The van der Waals surface area contributed by atoms with Gasteiger partial charge in [-0.1, -0.05) is 189 Å². The van der Waals surface area contributed by atoms with Gasteiger partial charge in [-0.15, -0.1) is 0 Å². The van der Waals surface area contributed by atoms with Crippen molar-refractivity contribution < 1.29 is 28.6 Å². The zero-order valence-corrected chi connectivity index (χ0v) is 34.2. The molecule has 0 aromatic heterocycles. The van der Waals surface area contributed by atoms with Gasteiger partial charge in [-0.25, -0.2) is 0 Å². The first-order valence-corrected chi connectivity index (χ1v) is 21.6. The van der Waals surface area contributed by atoms with Crippen molar-refractivity contribution in [3.8, 4) is 0 Å². The van der Waals surface area contributed by atoms with Gasteiger partial charge in [-0.2, -0.15) is 0 Å². The van der Waals surface area contributed by atoms with Gasteiger partial charge in [0.25, 0.3) is 0 Å². The molecule has 0 spiro atoms. The molecule has 0 aromatic carbocycles. The SMILES string of the molecule is CCC(C)CCCCCCCCC(=O)OC[C@H](COC(=O)CCCCCCCCC(C)C)OC(=O)CCCCCCCCCCCCC(C)C. The third-order valence-corrected chi connectivity index (χ3v) is 10.0. The monoisotopic (exact) mass is 709 g/mol. The summed E-state index contributed by atoms with van der Waals surface area (Å²) in [6, 6.07) is 0. The van der Waals surface area contributed by atoms with Gasteiger partial charge in [-0.3, -0.25) is 14.4 Å². The minimum atomic E-state index is -0.762. The lowest BCUT2D eigenvalue weighted by Gasteiger charge is -2.18. The molecule has 0 aliphatic rings. The van der Waals surface area contributed by atoms with Crippen molar-refractivity contribution in [3.05, 3.63) is 0 Å². The molecule has 6 nitrogen and oxygen atoms in total. The predicted octanol–water partition coefficient (Wildman–Crippen LogP) is 13.3. The molecule has 0 bridgehead atoms. The average Bonchev–Trinajstić information content (AvgIpc) is 3.08. The van der Waals surface area contributed by atoms with Crippen LogP contribution in [-0.2, 0) is 28.6 Å². The summed E-state index contributed by atoms with van der Waals surface area (Å²) >= 11 is 0. The summed E-state index contributed by atoms with van der Waals surface area (Å²) in [6.07, 6.45) is 31.0. The highest BCUT2D eigenvalue weighted by atomic mass is 16.6. The molecule has 0 rings (SSSR count). The van der Waals surface area contributed by atoms with Gasteiger partial charge in [0.2, 0.25) is 0 Å². The molecule has 50 heavy (non-hydrogen) atoms. The molecule has 0 fully saturated rings. The Balaban J connectivity index is 4.36. The minimum absolute atomic E-state index is 0.0681. The number of unbranched alkanes of at least 4 members (excludes halogenated alkanes) is 19. The molecule has 6 heteroatoms. The Labute approximate surface area is 310 Å². The van der Waals surface area contributed by atoms with Crippen molar-refractivity contribution >= 4 is 17.9 Å². The van der Waals surface area contributed by atoms with E-state index in [0.29, 0.717) is 19.3 Å². The summed E-state index contributed by atoms with van der Waals surface area (Å²) in [5, 5.41) is 0. The topological polar surface area (TPSA) is 78.9 Å². The van der Waals surface area contributed by atoms with Crippen LogP contribution in [0.3, 0.4) is 0 Å². The van der Waals surface area contributed by atoms with Gasteiger partial charge in [0.15, 0.2) is 6.10 Å². The van der Waals surface area contributed by atoms with Crippen molar-refractivity contribution in [3.63, 3.8) is 0 Å². The Hall–Kier alpha value is -1.59. The number of hydrogen-bond acceptors (Lipinski definition) is 6. The average molecular weight is 709 g/mol. The maximum Gasteiger partial charge on any atom is 0.306 e. The minimum Gasteiger partial charge on any atom is -0.462 e. The quantitative estimate of drug-likeness (QED) is 0.0363. The maximum atomic E-state index is 12.7. The Morgan fingerprint density at radius 1 is 0.400 bits per heavy atom. The lowest BCUT2D eigenvalue weighted by molar-refractivity contribution is -0.167. The van der Waals surface area contributed by atoms with Gasteiger partial charge in [-0.05, 0) is 37.0 Å².